The molecule has 1 aromatic rings. The fourth-order valence-corrected chi connectivity index (χ4v) is 1.70. The van der Waals surface area contributed by atoms with Crippen molar-refractivity contribution in [2.75, 3.05) is 20.8 Å². The van der Waals surface area contributed by atoms with E-state index in [9.17, 15) is 10.2 Å². The van der Waals surface area contributed by atoms with E-state index in [1.54, 1.807) is 0 Å². The van der Waals surface area contributed by atoms with E-state index in [2.05, 4.69) is 0 Å². The number of hydrogen-bond acceptors (Lipinski definition) is 4. The first-order chi connectivity index (χ1) is 7.66. The lowest BCUT2D eigenvalue weighted by Gasteiger charge is -2.32. The Hall–Kier alpha value is -0.940. The van der Waals surface area contributed by atoms with Gasteiger partial charge < -0.3 is 19.7 Å². The standard InChI is InChI=1S/C12H18O4/c1-15-11(16-2)12(14,9-13)8-10-6-4-3-5-7-10/h3-7,11,13-14H,8-9H2,1-2H3. The molecule has 16 heavy (non-hydrogen) atoms. The second kappa shape index (κ2) is 5.96. The lowest BCUT2D eigenvalue weighted by atomic mass is 9.94. The number of hydrogen-bond donors (Lipinski definition) is 2. The average Bonchev–Trinajstić information content (AvgIpc) is 2.32. The van der Waals surface area contributed by atoms with Gasteiger partial charge in [0.05, 0.1) is 6.61 Å². The molecule has 1 unspecified atom stereocenters. The van der Waals surface area contributed by atoms with Gasteiger partial charge in [-0.05, 0) is 5.56 Å². The number of ether oxygens (including phenoxy) is 2. The maximum Gasteiger partial charge on any atom is 0.188 e. The summed E-state index contributed by atoms with van der Waals surface area (Å²) in [5.41, 5.74) is -0.511. The second-order valence-electron chi connectivity index (χ2n) is 3.73. The quantitative estimate of drug-likeness (QED) is 0.696. The zero-order valence-electron chi connectivity index (χ0n) is 9.59. The summed E-state index contributed by atoms with van der Waals surface area (Å²) < 4.78 is 9.99. The first kappa shape index (κ1) is 13.1. The van der Waals surface area contributed by atoms with Gasteiger partial charge in [0.25, 0.3) is 0 Å². The van der Waals surface area contributed by atoms with Crippen LogP contribution in [-0.2, 0) is 15.9 Å². The highest BCUT2D eigenvalue weighted by molar-refractivity contribution is 5.17. The summed E-state index contributed by atoms with van der Waals surface area (Å²) in [6, 6.07) is 9.40. The lowest BCUT2D eigenvalue weighted by molar-refractivity contribution is -0.226. The van der Waals surface area contributed by atoms with E-state index in [0.29, 0.717) is 0 Å². The third-order valence-electron chi connectivity index (χ3n) is 2.49. The molecule has 4 nitrogen and oxygen atoms in total. The highest BCUT2D eigenvalue weighted by atomic mass is 16.7. The van der Waals surface area contributed by atoms with Crippen LogP contribution in [0.25, 0.3) is 0 Å². The predicted octanol–water partition coefficient (Wildman–Crippen LogP) is 0.571. The molecule has 0 aliphatic heterocycles. The topological polar surface area (TPSA) is 58.9 Å². The van der Waals surface area contributed by atoms with Crippen LogP contribution in [-0.4, -0.2) is 42.9 Å². The Kier molecular flexibility index (Phi) is 4.89. The maximum atomic E-state index is 10.2. The number of aliphatic hydroxyl groups excluding tert-OH is 1. The van der Waals surface area contributed by atoms with E-state index in [4.69, 9.17) is 9.47 Å². The zero-order chi connectivity index (χ0) is 12.0. The van der Waals surface area contributed by atoms with Crippen LogP contribution in [0.2, 0.25) is 0 Å². The van der Waals surface area contributed by atoms with Crippen LogP contribution in [0.4, 0.5) is 0 Å². The van der Waals surface area contributed by atoms with Crippen LogP contribution < -0.4 is 0 Å². The van der Waals surface area contributed by atoms with Gasteiger partial charge in [0, 0.05) is 20.6 Å². The van der Waals surface area contributed by atoms with Crippen molar-refractivity contribution in [3.8, 4) is 0 Å². The molecule has 0 radical (unpaired) electrons. The van der Waals surface area contributed by atoms with Crippen molar-refractivity contribution in [3.63, 3.8) is 0 Å². The molecule has 0 heterocycles. The normalized spacial score (nSPS) is 15.1. The Labute approximate surface area is 95.4 Å². The van der Waals surface area contributed by atoms with E-state index >= 15 is 0 Å². The highest BCUT2D eigenvalue weighted by Crippen LogP contribution is 2.20. The summed E-state index contributed by atoms with van der Waals surface area (Å²) in [6.45, 7) is -0.422. The van der Waals surface area contributed by atoms with Crippen LogP contribution in [0.1, 0.15) is 5.56 Å². The van der Waals surface area contributed by atoms with Gasteiger partial charge in [0.15, 0.2) is 6.29 Å². The average molecular weight is 226 g/mol. The van der Waals surface area contributed by atoms with E-state index in [1.165, 1.54) is 14.2 Å². The van der Waals surface area contributed by atoms with Gasteiger partial charge in [-0.3, -0.25) is 0 Å². The van der Waals surface area contributed by atoms with Gasteiger partial charge in [0.2, 0.25) is 0 Å². The summed E-state index contributed by atoms with van der Waals surface area (Å²) in [5.74, 6) is 0. The number of aliphatic hydroxyl groups is 2. The van der Waals surface area contributed by atoms with E-state index < -0.39 is 18.5 Å². The fourth-order valence-electron chi connectivity index (χ4n) is 1.70. The molecule has 0 fully saturated rings. The first-order valence-electron chi connectivity index (χ1n) is 5.09. The van der Waals surface area contributed by atoms with Crippen LogP contribution in [0.15, 0.2) is 30.3 Å². The minimum absolute atomic E-state index is 0.274. The summed E-state index contributed by atoms with van der Waals surface area (Å²) in [6.07, 6.45) is -0.575. The van der Waals surface area contributed by atoms with Crippen molar-refractivity contribution in [3.05, 3.63) is 35.9 Å². The SMILES string of the molecule is COC(OC)C(O)(CO)Cc1ccccc1. The summed E-state index contributed by atoms with van der Waals surface area (Å²) in [5, 5.41) is 19.5. The Bertz CT molecular complexity index is 297. The highest BCUT2D eigenvalue weighted by Gasteiger charge is 2.37. The third-order valence-corrected chi connectivity index (χ3v) is 2.49. The Morgan fingerprint density at radius 2 is 1.75 bits per heavy atom. The number of benzene rings is 1. The third kappa shape index (κ3) is 3.02. The number of methoxy groups -OCH3 is 2. The molecule has 90 valence electrons. The smallest absolute Gasteiger partial charge is 0.188 e. The summed E-state index contributed by atoms with van der Waals surface area (Å²) >= 11 is 0. The molecule has 4 heteroatoms. The molecule has 0 saturated heterocycles. The van der Waals surface area contributed by atoms with Gasteiger partial charge in [-0.15, -0.1) is 0 Å². The molecule has 0 spiro atoms. The van der Waals surface area contributed by atoms with Crippen LogP contribution in [0.3, 0.4) is 0 Å². The summed E-state index contributed by atoms with van der Waals surface area (Å²) in [7, 11) is 2.86. The monoisotopic (exact) mass is 226 g/mol. The molecule has 1 aromatic carbocycles. The van der Waals surface area contributed by atoms with Crippen molar-refractivity contribution in [2.45, 2.75) is 18.3 Å². The van der Waals surface area contributed by atoms with Gasteiger partial charge in [0.1, 0.15) is 5.60 Å². The van der Waals surface area contributed by atoms with Crippen LogP contribution in [0.5, 0.6) is 0 Å². The maximum absolute atomic E-state index is 10.2. The molecule has 0 aliphatic carbocycles. The minimum atomic E-state index is -1.43. The van der Waals surface area contributed by atoms with Gasteiger partial charge in [-0.2, -0.15) is 0 Å². The van der Waals surface area contributed by atoms with Gasteiger partial charge in [-0.25, -0.2) is 0 Å². The zero-order valence-corrected chi connectivity index (χ0v) is 9.59. The molecule has 1 rings (SSSR count). The molecule has 0 saturated carbocycles. The predicted molar refractivity (Wildman–Crippen MR) is 60.0 cm³/mol. The molecular formula is C12H18O4. The van der Waals surface area contributed by atoms with E-state index in [0.717, 1.165) is 5.56 Å². The summed E-state index contributed by atoms with van der Waals surface area (Å²) in [4.78, 5) is 0. The van der Waals surface area contributed by atoms with Crippen LogP contribution in [0, 0.1) is 0 Å². The Morgan fingerprint density at radius 3 is 2.19 bits per heavy atom. The van der Waals surface area contributed by atoms with Crippen molar-refractivity contribution in [2.24, 2.45) is 0 Å². The van der Waals surface area contributed by atoms with E-state index in [-0.39, 0.29) is 6.42 Å². The van der Waals surface area contributed by atoms with Crippen molar-refractivity contribution in [1.82, 2.24) is 0 Å². The molecular weight excluding hydrogens is 208 g/mol. The second-order valence-corrected chi connectivity index (χ2v) is 3.73. The molecule has 0 aliphatic rings. The molecule has 0 bridgehead atoms. The van der Waals surface area contributed by atoms with Gasteiger partial charge in [-0.1, -0.05) is 30.3 Å². The lowest BCUT2D eigenvalue weighted by Crippen LogP contribution is -2.49. The molecule has 0 aromatic heterocycles. The van der Waals surface area contributed by atoms with Gasteiger partial charge >= 0.3 is 0 Å². The Balaban J connectivity index is 2.81. The minimum Gasteiger partial charge on any atom is -0.393 e. The largest absolute Gasteiger partial charge is 0.393 e. The Morgan fingerprint density at radius 1 is 1.19 bits per heavy atom. The number of rotatable bonds is 6. The van der Waals surface area contributed by atoms with Crippen LogP contribution >= 0.6 is 0 Å². The first-order valence-corrected chi connectivity index (χ1v) is 5.09. The van der Waals surface area contributed by atoms with Crippen molar-refractivity contribution >= 4 is 0 Å². The molecule has 0 amide bonds. The van der Waals surface area contributed by atoms with Crippen molar-refractivity contribution < 1.29 is 19.7 Å². The van der Waals surface area contributed by atoms with E-state index in [1.807, 2.05) is 30.3 Å². The fraction of sp³-hybridized carbons (Fsp3) is 0.500. The molecule has 2 N–H and O–H groups in total. The van der Waals surface area contributed by atoms with Crippen molar-refractivity contribution in [1.29, 1.82) is 0 Å². The molecule has 1 atom stereocenters.